The zero-order valence-corrected chi connectivity index (χ0v) is 23.6. The third-order valence-corrected chi connectivity index (χ3v) is 6.70. The van der Waals surface area contributed by atoms with Crippen LogP contribution in [0.1, 0.15) is 11.1 Å². The van der Waals surface area contributed by atoms with Crippen molar-refractivity contribution in [2.24, 2.45) is 14.1 Å². The van der Waals surface area contributed by atoms with E-state index in [4.69, 9.17) is 0 Å². The molecule has 0 aliphatic rings. The largest absolute Gasteiger partial charge is 0.744 e. The Kier molecular flexibility index (Phi) is 11.5. The summed E-state index contributed by atoms with van der Waals surface area (Å²) in [5.74, 6) is 4.28. The van der Waals surface area contributed by atoms with E-state index in [1.807, 2.05) is 84.4 Å². The average Bonchev–Trinajstić information content (AvgIpc) is 2.92. The fraction of sp³-hybridized carbons (Fsp3) is 0.0769. The Morgan fingerprint density at radius 3 is 1.12 bits per heavy atom. The van der Waals surface area contributed by atoms with Crippen LogP contribution in [0.3, 0.4) is 0 Å². The first-order valence-electron chi connectivity index (χ1n) is 11.4. The second-order valence-corrected chi connectivity index (χ2v) is 10.8. The molecule has 0 radical (unpaired) electrons. The van der Waals surface area contributed by atoms with Gasteiger partial charge in [-0.3, -0.25) is 20.2 Å². The molecule has 0 atom stereocenters. The summed E-state index contributed by atoms with van der Waals surface area (Å²) in [6.07, 6.45) is 8.00. The minimum absolute atomic E-state index is 0.480. The summed E-state index contributed by atoms with van der Waals surface area (Å²) < 4.78 is 71.9. The molecular weight excluding hydrogens is 592 g/mol. The van der Waals surface area contributed by atoms with Crippen molar-refractivity contribution in [2.75, 3.05) is 0 Å². The van der Waals surface area contributed by atoms with Gasteiger partial charge in [0.25, 0.3) is 11.4 Å². The number of nitro benzene ring substituents is 2. The van der Waals surface area contributed by atoms with Gasteiger partial charge in [-0.1, -0.05) is 24.0 Å². The molecule has 0 N–H and O–H groups in total. The Morgan fingerprint density at radius 2 is 0.905 bits per heavy atom. The lowest BCUT2D eigenvalue weighted by atomic mass is 10.1. The van der Waals surface area contributed by atoms with Crippen molar-refractivity contribution in [3.63, 3.8) is 0 Å². The van der Waals surface area contributed by atoms with Crippen LogP contribution in [0.25, 0.3) is 0 Å². The predicted molar refractivity (Wildman–Crippen MR) is 143 cm³/mol. The van der Waals surface area contributed by atoms with Crippen LogP contribution in [0.5, 0.6) is 0 Å². The molecule has 0 saturated heterocycles. The second-order valence-electron chi connectivity index (χ2n) is 8.12. The minimum Gasteiger partial charge on any atom is -0.744 e. The highest BCUT2D eigenvalue weighted by atomic mass is 32.2. The van der Waals surface area contributed by atoms with Gasteiger partial charge in [0.1, 0.15) is 34.3 Å². The first kappa shape index (κ1) is 33.1. The molecule has 0 aliphatic carbocycles. The highest BCUT2D eigenvalue weighted by Crippen LogP contribution is 2.24. The van der Waals surface area contributed by atoms with E-state index in [2.05, 4.69) is 11.8 Å². The molecule has 0 unspecified atom stereocenters. The van der Waals surface area contributed by atoms with Crippen LogP contribution in [-0.4, -0.2) is 35.8 Å². The van der Waals surface area contributed by atoms with E-state index in [-0.39, 0.29) is 0 Å². The van der Waals surface area contributed by atoms with E-state index in [9.17, 15) is 46.2 Å². The maximum absolute atomic E-state index is 11.3. The Labute approximate surface area is 240 Å². The molecule has 14 nitrogen and oxygen atoms in total. The molecule has 4 aromatic rings. The number of non-ortho nitro benzene ring substituents is 2. The first-order valence-corrected chi connectivity index (χ1v) is 14.2. The van der Waals surface area contributed by atoms with Crippen LogP contribution in [-0.2, 0) is 34.3 Å². The van der Waals surface area contributed by atoms with E-state index in [0.717, 1.165) is 24.3 Å². The first-order chi connectivity index (χ1) is 19.6. The Hall–Kier alpha value is -5.08. The van der Waals surface area contributed by atoms with E-state index in [1.165, 1.54) is 0 Å². The van der Waals surface area contributed by atoms with Gasteiger partial charge in [-0.2, -0.15) is 0 Å². The Balaban J connectivity index is 0.000000354. The molecular formula is C26H22N4O10S2. The topological polar surface area (TPSA) is 208 Å². The number of rotatable bonds is 4. The number of aromatic nitrogens is 2. The van der Waals surface area contributed by atoms with E-state index in [1.54, 1.807) is 0 Å². The molecule has 2 heterocycles. The number of hydrogen-bond acceptors (Lipinski definition) is 10. The number of pyridine rings is 2. The van der Waals surface area contributed by atoms with Crippen LogP contribution in [0.15, 0.2) is 107 Å². The van der Waals surface area contributed by atoms with Crippen molar-refractivity contribution in [3.8, 4) is 11.8 Å². The Bertz CT molecular complexity index is 1720. The lowest BCUT2D eigenvalue weighted by molar-refractivity contribution is -0.671. The summed E-state index contributed by atoms with van der Waals surface area (Å²) in [6.45, 7) is 0. The number of hydrogen-bond donors (Lipinski definition) is 0. The Morgan fingerprint density at radius 1 is 0.595 bits per heavy atom. The fourth-order valence-corrected chi connectivity index (χ4v) is 4.28. The van der Waals surface area contributed by atoms with E-state index in [0.29, 0.717) is 12.1 Å². The van der Waals surface area contributed by atoms with Crippen LogP contribution in [0.4, 0.5) is 11.4 Å². The SMILES string of the molecule is C[n+]1ccccc1.C[n+]1ccccc1.O=[N+]([O-])c1ccc(C#Cc2ccc([N+](=O)[O-])cc2S(=O)(=O)[O-])c(S(=O)(=O)[O-])c1. The van der Waals surface area contributed by atoms with Crippen molar-refractivity contribution in [1.82, 2.24) is 0 Å². The highest BCUT2D eigenvalue weighted by Gasteiger charge is 2.16. The minimum atomic E-state index is -5.18. The van der Waals surface area contributed by atoms with Crippen molar-refractivity contribution in [2.45, 2.75) is 9.79 Å². The molecule has 0 bridgehead atoms. The molecule has 0 aliphatic heterocycles. The molecule has 0 spiro atoms. The van der Waals surface area contributed by atoms with Gasteiger partial charge in [-0.25, -0.2) is 26.0 Å². The summed E-state index contributed by atoms with van der Waals surface area (Å²) in [4.78, 5) is 17.5. The molecule has 2 aromatic heterocycles. The smallest absolute Gasteiger partial charge is 0.270 e. The number of benzene rings is 2. The van der Waals surface area contributed by atoms with Gasteiger partial charge in [0.05, 0.1) is 19.6 Å². The maximum atomic E-state index is 11.3. The standard InChI is InChI=1S/C14H8N2O10S2.2C6H8N/c17-15(18)11-5-3-9(13(7-11)27(21,22)23)1-2-10-4-6-12(16(19)20)8-14(10)28(24,25)26;2*1-7-5-3-2-4-6-7/h3-8H,(H,21,22,23)(H,24,25,26);2*2-6H,1H3/q;2*+1/p-2. The van der Waals surface area contributed by atoms with Gasteiger partial charge >= 0.3 is 0 Å². The second kappa shape index (κ2) is 14.5. The number of nitrogens with zero attached hydrogens (tertiary/aromatic N) is 4. The molecule has 0 fully saturated rings. The van der Waals surface area contributed by atoms with Gasteiger partial charge in [-0.15, -0.1) is 0 Å². The van der Waals surface area contributed by atoms with E-state index >= 15 is 0 Å². The summed E-state index contributed by atoms with van der Waals surface area (Å²) in [5, 5.41) is 21.5. The lowest BCUT2D eigenvalue weighted by Crippen LogP contribution is -2.25. The van der Waals surface area contributed by atoms with Gasteiger partial charge in [-0.05, 0) is 12.1 Å². The molecule has 0 saturated carbocycles. The van der Waals surface area contributed by atoms with Crippen LogP contribution in [0, 0.1) is 32.1 Å². The molecule has 218 valence electrons. The molecule has 42 heavy (non-hydrogen) atoms. The molecule has 2 aromatic carbocycles. The number of aryl methyl sites for hydroxylation is 2. The summed E-state index contributed by atoms with van der Waals surface area (Å²) >= 11 is 0. The monoisotopic (exact) mass is 614 g/mol. The molecule has 0 amide bonds. The third kappa shape index (κ3) is 10.5. The third-order valence-electron chi connectivity index (χ3n) is 4.95. The van der Waals surface area contributed by atoms with E-state index < -0.39 is 62.4 Å². The van der Waals surface area contributed by atoms with Gasteiger partial charge < -0.3 is 9.11 Å². The normalized spacial score (nSPS) is 10.5. The summed E-state index contributed by atoms with van der Waals surface area (Å²) in [7, 11) is -6.35. The van der Waals surface area contributed by atoms with Crippen molar-refractivity contribution in [3.05, 3.63) is 129 Å². The predicted octanol–water partition coefficient (Wildman–Crippen LogP) is 1.73. The summed E-state index contributed by atoms with van der Waals surface area (Å²) in [5.41, 5.74) is -2.38. The average molecular weight is 615 g/mol. The van der Waals surface area contributed by atoms with Crippen LogP contribution >= 0.6 is 0 Å². The van der Waals surface area contributed by atoms with Crippen molar-refractivity contribution in [1.29, 1.82) is 0 Å². The molecule has 4 rings (SSSR count). The highest BCUT2D eigenvalue weighted by molar-refractivity contribution is 7.86. The van der Waals surface area contributed by atoms with Crippen molar-refractivity contribution >= 4 is 31.6 Å². The van der Waals surface area contributed by atoms with Gasteiger partial charge in [0, 0.05) is 59.7 Å². The molecule has 16 heteroatoms. The zero-order valence-electron chi connectivity index (χ0n) is 21.9. The number of nitro groups is 2. The van der Waals surface area contributed by atoms with Gasteiger partial charge in [0.15, 0.2) is 24.8 Å². The quantitative estimate of drug-likeness (QED) is 0.107. The zero-order chi connectivity index (χ0) is 31.5. The maximum Gasteiger partial charge on any atom is 0.270 e. The fourth-order valence-electron chi connectivity index (χ4n) is 2.97. The van der Waals surface area contributed by atoms with Crippen LogP contribution < -0.4 is 9.13 Å². The van der Waals surface area contributed by atoms with Crippen LogP contribution in [0.2, 0.25) is 0 Å². The van der Waals surface area contributed by atoms with Crippen molar-refractivity contribution < 1.29 is 44.9 Å². The lowest BCUT2D eigenvalue weighted by Gasteiger charge is -2.10. The summed E-state index contributed by atoms with van der Waals surface area (Å²) in [6, 6.07) is 16.4. The van der Waals surface area contributed by atoms with Gasteiger partial charge in [0.2, 0.25) is 0 Å².